The third-order valence-corrected chi connectivity index (χ3v) is 8.60. The largest absolute Gasteiger partial charge is 0.479 e. The van der Waals surface area contributed by atoms with Crippen molar-refractivity contribution in [2.45, 2.75) is 67.4 Å². The first-order valence-corrected chi connectivity index (χ1v) is 18.0. The lowest BCUT2D eigenvalue weighted by atomic mass is 10.1. The SMILES string of the molecule is CC.CC.CC.CCOC(=O)c1cc2ccc(C(F)C(=O)O)cc2s1.O=C(O)c1cc2ccc(C(F)C(=O)NCc3ccc(Cl)cc3)cc2s1. The van der Waals surface area contributed by atoms with Crippen molar-refractivity contribution < 1.29 is 42.9 Å². The molecular weight excluding hydrogens is 708 g/mol. The molecule has 1 amide bonds. The minimum absolute atomic E-state index is 0.0669. The number of amides is 1. The number of aromatic carboxylic acids is 1. The number of carboxylic acid groups (broad SMARTS) is 2. The van der Waals surface area contributed by atoms with Gasteiger partial charge in [-0.25, -0.2) is 23.2 Å². The van der Waals surface area contributed by atoms with E-state index in [1.54, 1.807) is 49.4 Å². The first-order chi connectivity index (χ1) is 24.0. The minimum Gasteiger partial charge on any atom is -0.479 e. The third-order valence-electron chi connectivity index (χ3n) is 6.19. The molecule has 0 bridgehead atoms. The fraction of sp³-hybridized carbons (Fsp3) is 0.297. The standard InChI is InChI=1S/C18H13ClFNO3S.C13H11FO4S.3C2H6/c19-13-5-1-10(2-6-13)9-21-17(22)16(20)12-4-3-11-7-15(18(23)24)25-14(11)8-12;1-2-18-13(17)10-5-7-3-4-8(6-9(7)19-10)11(14)12(15)16;3*1-2/h1-8,16H,9H2,(H,21,22)(H,23,24);3-6,11H,2H2,1H3,(H,15,16);3*1-2H3. The van der Waals surface area contributed by atoms with Crippen molar-refractivity contribution in [3.8, 4) is 0 Å². The van der Waals surface area contributed by atoms with Gasteiger partial charge in [0.25, 0.3) is 5.91 Å². The molecule has 2 aromatic heterocycles. The summed E-state index contributed by atoms with van der Waals surface area (Å²) in [4.78, 5) is 45.8. The highest BCUT2D eigenvalue weighted by Crippen LogP contribution is 2.31. The van der Waals surface area contributed by atoms with Gasteiger partial charge in [0.05, 0.1) is 6.61 Å². The number of carboxylic acids is 2. The van der Waals surface area contributed by atoms with Crippen molar-refractivity contribution in [3.05, 3.63) is 104 Å². The number of nitrogens with one attached hydrogen (secondary N) is 1. The van der Waals surface area contributed by atoms with Crippen molar-refractivity contribution in [3.63, 3.8) is 0 Å². The van der Waals surface area contributed by atoms with Crippen LogP contribution in [0.1, 0.15) is 96.8 Å². The Bertz CT molecular complexity index is 1840. The Morgan fingerprint density at radius 2 is 1.22 bits per heavy atom. The molecule has 270 valence electrons. The number of carbonyl (C=O) groups is 4. The van der Waals surface area contributed by atoms with Gasteiger partial charge in [-0.15, -0.1) is 22.7 Å². The number of carbonyl (C=O) groups excluding carboxylic acids is 2. The number of benzene rings is 3. The molecule has 2 heterocycles. The molecule has 3 N–H and O–H groups in total. The van der Waals surface area contributed by atoms with Crippen LogP contribution in [0.5, 0.6) is 0 Å². The van der Waals surface area contributed by atoms with Crippen LogP contribution in [0.3, 0.4) is 0 Å². The van der Waals surface area contributed by atoms with Crippen LogP contribution in [0.15, 0.2) is 72.8 Å². The number of fused-ring (bicyclic) bond motifs is 2. The summed E-state index contributed by atoms with van der Waals surface area (Å²) >= 11 is 8.00. The van der Waals surface area contributed by atoms with E-state index in [9.17, 15) is 28.0 Å². The molecule has 0 spiro atoms. The Balaban J connectivity index is 0.000000447. The lowest BCUT2D eigenvalue weighted by Crippen LogP contribution is -2.26. The third kappa shape index (κ3) is 12.5. The number of rotatable bonds is 9. The average Bonchev–Trinajstić information content (AvgIpc) is 3.78. The molecular formula is C37H42ClF2NO7S2. The second kappa shape index (κ2) is 22.4. The fourth-order valence-corrected chi connectivity index (χ4v) is 6.07. The maximum atomic E-state index is 14.4. The summed E-state index contributed by atoms with van der Waals surface area (Å²) < 4.78 is 34.0. The summed E-state index contributed by atoms with van der Waals surface area (Å²) in [5.74, 6) is -3.73. The summed E-state index contributed by atoms with van der Waals surface area (Å²) in [5, 5.41) is 22.2. The van der Waals surface area contributed by atoms with Crippen LogP contribution in [0.25, 0.3) is 20.2 Å². The van der Waals surface area contributed by atoms with Crippen molar-refractivity contribution in [1.82, 2.24) is 5.32 Å². The van der Waals surface area contributed by atoms with Crippen LogP contribution in [0, 0.1) is 0 Å². The second-order valence-electron chi connectivity index (χ2n) is 9.25. The average molecular weight is 750 g/mol. The van der Waals surface area contributed by atoms with Crippen LogP contribution in [0.4, 0.5) is 8.78 Å². The normalized spacial score (nSPS) is 11.1. The Hall–Kier alpha value is -4.39. The van der Waals surface area contributed by atoms with E-state index in [0.29, 0.717) is 24.7 Å². The van der Waals surface area contributed by atoms with Crippen molar-refractivity contribution in [2.75, 3.05) is 6.61 Å². The quantitative estimate of drug-likeness (QED) is 0.128. The maximum absolute atomic E-state index is 14.4. The summed E-state index contributed by atoms with van der Waals surface area (Å²) in [6.45, 7) is 14.2. The maximum Gasteiger partial charge on any atom is 0.348 e. The van der Waals surface area contributed by atoms with E-state index in [1.807, 2.05) is 41.5 Å². The van der Waals surface area contributed by atoms with E-state index >= 15 is 0 Å². The van der Waals surface area contributed by atoms with Crippen LogP contribution in [0.2, 0.25) is 5.02 Å². The number of aliphatic carboxylic acids is 1. The molecule has 5 aromatic rings. The van der Waals surface area contributed by atoms with Crippen LogP contribution >= 0.6 is 34.3 Å². The van der Waals surface area contributed by atoms with Crippen LogP contribution in [-0.4, -0.2) is 40.6 Å². The molecule has 8 nitrogen and oxygen atoms in total. The van der Waals surface area contributed by atoms with Gasteiger partial charge in [0, 0.05) is 21.0 Å². The molecule has 2 atom stereocenters. The molecule has 0 saturated heterocycles. The zero-order chi connectivity index (χ0) is 38.0. The van der Waals surface area contributed by atoms with Gasteiger partial charge in [0.15, 0.2) is 0 Å². The van der Waals surface area contributed by atoms with Gasteiger partial charge in [0.1, 0.15) is 9.75 Å². The summed E-state index contributed by atoms with van der Waals surface area (Å²) in [5.41, 5.74) is 1.07. The van der Waals surface area contributed by atoms with Crippen molar-refractivity contribution >= 4 is 78.3 Å². The Morgan fingerprint density at radius 3 is 1.70 bits per heavy atom. The van der Waals surface area contributed by atoms with Gasteiger partial charge in [-0.05, 0) is 70.8 Å². The number of hydrogen-bond acceptors (Lipinski definition) is 7. The van der Waals surface area contributed by atoms with Gasteiger partial charge in [-0.3, -0.25) is 4.79 Å². The predicted octanol–water partition coefficient (Wildman–Crippen LogP) is 10.8. The first-order valence-electron chi connectivity index (χ1n) is 16.0. The molecule has 5 rings (SSSR count). The highest BCUT2D eigenvalue weighted by atomic mass is 35.5. The number of alkyl halides is 2. The van der Waals surface area contributed by atoms with Crippen LogP contribution in [-0.2, 0) is 20.9 Å². The zero-order valence-corrected chi connectivity index (χ0v) is 31.3. The Labute approximate surface area is 303 Å². The van der Waals surface area contributed by atoms with Gasteiger partial charge in [-0.1, -0.05) is 89.5 Å². The fourth-order valence-electron chi connectivity index (χ4n) is 3.99. The van der Waals surface area contributed by atoms with Gasteiger partial charge in [0.2, 0.25) is 12.3 Å². The summed E-state index contributed by atoms with van der Waals surface area (Å²) in [6.07, 6.45) is -3.88. The monoisotopic (exact) mass is 749 g/mol. The number of ether oxygens (including phenoxy) is 1. The molecule has 0 radical (unpaired) electrons. The molecule has 13 heteroatoms. The number of hydrogen-bond donors (Lipinski definition) is 3. The van der Waals surface area contributed by atoms with E-state index in [2.05, 4.69) is 5.32 Å². The van der Waals surface area contributed by atoms with Gasteiger partial charge in [-0.2, -0.15) is 0 Å². The molecule has 2 unspecified atom stereocenters. The molecule has 0 saturated carbocycles. The number of thiophene rings is 2. The molecule has 0 aliphatic rings. The van der Waals surface area contributed by atoms with Crippen molar-refractivity contribution in [2.24, 2.45) is 0 Å². The van der Waals surface area contributed by atoms with Gasteiger partial charge < -0.3 is 20.3 Å². The lowest BCUT2D eigenvalue weighted by Gasteiger charge is -2.10. The van der Waals surface area contributed by atoms with E-state index in [1.165, 1.54) is 30.3 Å². The van der Waals surface area contributed by atoms with E-state index in [-0.39, 0.29) is 29.2 Å². The molecule has 0 aliphatic heterocycles. The smallest absolute Gasteiger partial charge is 0.348 e. The Kier molecular flexibility index (Phi) is 19.5. The predicted molar refractivity (Wildman–Crippen MR) is 199 cm³/mol. The minimum atomic E-state index is -2.06. The lowest BCUT2D eigenvalue weighted by molar-refractivity contribution is -0.143. The topological polar surface area (TPSA) is 130 Å². The number of esters is 1. The second-order valence-corrected chi connectivity index (χ2v) is 11.9. The Morgan fingerprint density at radius 1 is 0.740 bits per heavy atom. The van der Waals surface area contributed by atoms with Gasteiger partial charge >= 0.3 is 17.9 Å². The molecule has 0 fully saturated rings. The first kappa shape index (κ1) is 43.6. The number of halogens is 3. The zero-order valence-electron chi connectivity index (χ0n) is 28.9. The highest BCUT2D eigenvalue weighted by Gasteiger charge is 2.21. The van der Waals surface area contributed by atoms with E-state index in [4.69, 9.17) is 26.6 Å². The van der Waals surface area contributed by atoms with E-state index < -0.39 is 36.2 Å². The highest BCUT2D eigenvalue weighted by molar-refractivity contribution is 7.21. The molecule has 50 heavy (non-hydrogen) atoms. The molecule has 0 aliphatic carbocycles. The van der Waals surface area contributed by atoms with Crippen LogP contribution < -0.4 is 5.32 Å². The summed E-state index contributed by atoms with van der Waals surface area (Å²) in [7, 11) is 0. The summed E-state index contributed by atoms with van der Waals surface area (Å²) in [6, 6.07) is 19.1. The van der Waals surface area contributed by atoms with Crippen molar-refractivity contribution in [1.29, 1.82) is 0 Å². The van der Waals surface area contributed by atoms with E-state index in [0.717, 1.165) is 33.6 Å². The molecule has 3 aromatic carbocycles.